The fourth-order valence-corrected chi connectivity index (χ4v) is 3.31. The lowest BCUT2D eigenvalue weighted by molar-refractivity contribution is 0.476. The van der Waals surface area contributed by atoms with Gasteiger partial charge in [-0.3, -0.25) is 0 Å². The third-order valence-electron chi connectivity index (χ3n) is 3.81. The molecule has 0 aliphatic rings. The smallest absolute Gasteiger partial charge is 0.194 e. The summed E-state index contributed by atoms with van der Waals surface area (Å²) in [6.45, 7) is 6.28. The van der Waals surface area contributed by atoms with Gasteiger partial charge in [-0.25, -0.2) is 14.7 Å². The lowest BCUT2D eigenvalue weighted by Gasteiger charge is -2.21. The lowest BCUT2D eigenvalue weighted by atomic mass is 10.3. The van der Waals surface area contributed by atoms with E-state index >= 15 is 0 Å². The average molecular weight is 496 g/mol. The molecule has 1 aromatic carbocycles. The first-order valence-corrected chi connectivity index (χ1v) is 9.47. The van der Waals surface area contributed by atoms with Crippen LogP contribution < -0.4 is 5.32 Å². The van der Waals surface area contributed by atoms with Gasteiger partial charge in [-0.05, 0) is 26.0 Å². The van der Waals surface area contributed by atoms with Gasteiger partial charge in [-0.15, -0.1) is 35.3 Å². The minimum absolute atomic E-state index is 0. The summed E-state index contributed by atoms with van der Waals surface area (Å²) in [5.41, 5.74) is 2.19. The molecule has 0 unspecified atom stereocenters. The van der Waals surface area contributed by atoms with Crippen LogP contribution in [0.25, 0.3) is 5.69 Å². The van der Waals surface area contributed by atoms with Crippen molar-refractivity contribution in [1.82, 2.24) is 25.0 Å². The van der Waals surface area contributed by atoms with Gasteiger partial charge in [0.2, 0.25) is 0 Å². The number of halogens is 1. The van der Waals surface area contributed by atoms with Gasteiger partial charge in [0.1, 0.15) is 5.01 Å². The van der Waals surface area contributed by atoms with Crippen LogP contribution in [-0.4, -0.2) is 39.2 Å². The van der Waals surface area contributed by atoms with Crippen LogP contribution in [0.4, 0.5) is 0 Å². The summed E-state index contributed by atoms with van der Waals surface area (Å²) in [7, 11) is 2.04. The fraction of sp³-hybridized carbons (Fsp3) is 0.316. The average Bonchev–Trinajstić information content (AvgIpc) is 3.28. The molecule has 0 aliphatic heterocycles. The van der Waals surface area contributed by atoms with Gasteiger partial charge in [-0.1, -0.05) is 18.2 Å². The van der Waals surface area contributed by atoms with Crippen LogP contribution in [-0.2, 0) is 13.1 Å². The molecule has 0 atom stereocenters. The Kier molecular flexibility index (Phi) is 8.23. The zero-order valence-corrected chi connectivity index (χ0v) is 18.9. The quantitative estimate of drug-likeness (QED) is 0.320. The minimum Gasteiger partial charge on any atom is -0.357 e. The maximum Gasteiger partial charge on any atom is 0.194 e. The normalized spacial score (nSPS) is 11.1. The van der Waals surface area contributed by atoms with Crippen LogP contribution in [0.2, 0.25) is 0 Å². The van der Waals surface area contributed by atoms with E-state index in [9.17, 15) is 0 Å². The highest BCUT2D eigenvalue weighted by molar-refractivity contribution is 14.0. The number of hydrogen-bond donors (Lipinski definition) is 1. The predicted octanol–water partition coefficient (Wildman–Crippen LogP) is 3.85. The second-order valence-corrected chi connectivity index (χ2v) is 7.34. The minimum atomic E-state index is 0. The summed E-state index contributed by atoms with van der Waals surface area (Å²) in [4.78, 5) is 12.4. The van der Waals surface area contributed by atoms with Crippen LogP contribution in [0.15, 0.2) is 53.9 Å². The van der Waals surface area contributed by atoms with E-state index in [-0.39, 0.29) is 24.0 Å². The molecule has 2 aromatic heterocycles. The summed E-state index contributed by atoms with van der Waals surface area (Å²) >= 11 is 1.69. The molecule has 1 N–H and O–H groups in total. The Hall–Kier alpha value is -1.94. The van der Waals surface area contributed by atoms with E-state index in [1.807, 2.05) is 54.5 Å². The maximum atomic E-state index is 4.71. The summed E-state index contributed by atoms with van der Waals surface area (Å²) < 4.78 is 1.89. The number of aryl methyl sites for hydroxylation is 1. The molecule has 3 rings (SSSR count). The second kappa shape index (κ2) is 10.4. The summed E-state index contributed by atoms with van der Waals surface area (Å²) in [6.07, 6.45) is 5.85. The number of benzene rings is 1. The number of aliphatic imine (C=N–C) groups is 1. The molecule has 27 heavy (non-hydrogen) atoms. The van der Waals surface area contributed by atoms with Crippen LogP contribution in [0.5, 0.6) is 0 Å². The second-order valence-electron chi connectivity index (χ2n) is 6.02. The molecule has 0 bridgehead atoms. The summed E-state index contributed by atoms with van der Waals surface area (Å²) in [6, 6.07) is 10.1. The largest absolute Gasteiger partial charge is 0.357 e. The predicted molar refractivity (Wildman–Crippen MR) is 122 cm³/mol. The molecule has 2 heterocycles. The standard InChI is InChI=1S/C19H24N6S.HI/c1-4-20-19(22-12-18-21-10-15(2)26-18)24(3)13-16-11-23-25(14-16)17-8-6-5-7-9-17;/h5-11,14H,4,12-13H2,1-3H3,(H,20,22);1H. The molecule has 0 saturated heterocycles. The maximum absolute atomic E-state index is 4.71. The van der Waals surface area contributed by atoms with E-state index in [0.717, 1.165) is 35.3 Å². The molecule has 0 radical (unpaired) electrons. The van der Waals surface area contributed by atoms with Crippen molar-refractivity contribution in [2.24, 2.45) is 4.99 Å². The van der Waals surface area contributed by atoms with Crippen molar-refractivity contribution in [2.45, 2.75) is 26.9 Å². The van der Waals surface area contributed by atoms with Gasteiger partial charge in [-0.2, -0.15) is 5.10 Å². The van der Waals surface area contributed by atoms with E-state index in [1.54, 1.807) is 11.3 Å². The number of nitrogens with zero attached hydrogens (tertiary/aromatic N) is 5. The van der Waals surface area contributed by atoms with Gasteiger partial charge >= 0.3 is 0 Å². The Morgan fingerprint density at radius 1 is 1.26 bits per heavy atom. The number of para-hydroxylation sites is 1. The van der Waals surface area contributed by atoms with Crippen molar-refractivity contribution in [1.29, 1.82) is 0 Å². The first-order chi connectivity index (χ1) is 12.7. The Labute approximate surface area is 181 Å². The van der Waals surface area contributed by atoms with Crippen LogP contribution in [0.3, 0.4) is 0 Å². The number of rotatable bonds is 6. The van der Waals surface area contributed by atoms with Crippen LogP contribution >= 0.6 is 35.3 Å². The molecule has 0 spiro atoms. The van der Waals surface area contributed by atoms with E-state index in [0.29, 0.717) is 6.54 Å². The molecule has 6 nitrogen and oxygen atoms in total. The van der Waals surface area contributed by atoms with E-state index in [1.165, 1.54) is 4.88 Å². The third kappa shape index (κ3) is 6.03. The first kappa shape index (κ1) is 21.4. The lowest BCUT2D eigenvalue weighted by Crippen LogP contribution is -2.38. The summed E-state index contributed by atoms with van der Waals surface area (Å²) in [5.74, 6) is 0.868. The highest BCUT2D eigenvalue weighted by Crippen LogP contribution is 2.13. The monoisotopic (exact) mass is 496 g/mol. The molecule has 8 heteroatoms. The van der Waals surface area contributed by atoms with Crippen LogP contribution in [0, 0.1) is 6.92 Å². The number of hydrogen-bond acceptors (Lipinski definition) is 4. The molecular formula is C19H25IN6S. The van der Waals surface area contributed by atoms with E-state index < -0.39 is 0 Å². The first-order valence-electron chi connectivity index (χ1n) is 8.65. The summed E-state index contributed by atoms with van der Waals surface area (Å²) in [5, 5.41) is 8.84. The van der Waals surface area contributed by atoms with Crippen molar-refractivity contribution in [3.05, 3.63) is 64.4 Å². The van der Waals surface area contributed by atoms with E-state index in [2.05, 4.69) is 40.3 Å². The molecule has 0 saturated carbocycles. The van der Waals surface area contributed by atoms with Crippen molar-refractivity contribution in [3.8, 4) is 5.69 Å². The van der Waals surface area contributed by atoms with Gasteiger partial charge in [0.25, 0.3) is 0 Å². The van der Waals surface area contributed by atoms with Crippen LogP contribution in [0.1, 0.15) is 22.4 Å². The van der Waals surface area contributed by atoms with Crippen molar-refractivity contribution < 1.29 is 0 Å². The van der Waals surface area contributed by atoms with Gasteiger partial charge in [0.15, 0.2) is 5.96 Å². The molecule has 144 valence electrons. The number of aromatic nitrogens is 3. The molecule has 0 amide bonds. The Morgan fingerprint density at radius 2 is 2.04 bits per heavy atom. The van der Waals surface area contributed by atoms with Gasteiger partial charge in [0, 0.05) is 43.0 Å². The SMILES string of the molecule is CCNC(=NCc1ncc(C)s1)N(C)Cc1cnn(-c2ccccc2)c1.I. The van der Waals surface area contributed by atoms with E-state index in [4.69, 9.17) is 4.99 Å². The zero-order valence-electron chi connectivity index (χ0n) is 15.8. The zero-order chi connectivity index (χ0) is 18.4. The molecule has 0 aliphatic carbocycles. The topological polar surface area (TPSA) is 58.3 Å². The highest BCUT2D eigenvalue weighted by Gasteiger charge is 2.09. The highest BCUT2D eigenvalue weighted by atomic mass is 127. The number of thiazole rings is 1. The number of guanidine groups is 1. The molecule has 3 aromatic rings. The van der Waals surface area contributed by atoms with Crippen molar-refractivity contribution in [3.63, 3.8) is 0 Å². The fourth-order valence-electron chi connectivity index (χ4n) is 2.60. The molecular weight excluding hydrogens is 471 g/mol. The Bertz CT molecular complexity index is 858. The Balaban J connectivity index is 0.00000261. The third-order valence-corrected chi connectivity index (χ3v) is 4.70. The Morgan fingerprint density at radius 3 is 2.70 bits per heavy atom. The van der Waals surface area contributed by atoms with Crippen molar-refractivity contribution in [2.75, 3.05) is 13.6 Å². The van der Waals surface area contributed by atoms with Crippen molar-refractivity contribution >= 4 is 41.3 Å². The number of nitrogens with one attached hydrogen (secondary N) is 1. The van der Waals surface area contributed by atoms with Gasteiger partial charge in [0.05, 0.1) is 18.4 Å². The van der Waals surface area contributed by atoms with Gasteiger partial charge < -0.3 is 10.2 Å². The molecule has 0 fully saturated rings.